The molecule has 5 heteroatoms. The fourth-order valence-corrected chi connectivity index (χ4v) is 10.4. The van der Waals surface area contributed by atoms with Crippen LogP contribution in [0.5, 0.6) is 0 Å². The van der Waals surface area contributed by atoms with E-state index in [1.807, 2.05) is 48.5 Å². The molecule has 0 aliphatic heterocycles. The zero-order valence-corrected chi connectivity index (χ0v) is 36.6. The number of hydrogen-bond donors (Lipinski definition) is 0. The molecule has 0 atom stereocenters. The maximum Gasteiger partial charge on any atom is 0.164 e. The van der Waals surface area contributed by atoms with Crippen LogP contribution in [-0.2, 0) is 0 Å². The third-order valence-electron chi connectivity index (χ3n) is 13.6. The smallest absolute Gasteiger partial charge is 0.164 e. The largest absolute Gasteiger partial charge is 0.456 e. The molecule has 11 aromatic carbocycles. The Morgan fingerprint density at radius 3 is 1.65 bits per heavy atom. The molecule has 0 saturated carbocycles. The first kappa shape index (κ1) is 38.1. The van der Waals surface area contributed by atoms with Crippen LogP contribution in [0, 0.1) is 0 Å². The van der Waals surface area contributed by atoms with E-state index < -0.39 is 0 Å². The lowest BCUT2D eigenvalue weighted by molar-refractivity contribution is 0.669. The molecule has 14 aromatic rings. The van der Waals surface area contributed by atoms with Gasteiger partial charge < -0.3 is 8.98 Å². The fourth-order valence-electron chi connectivity index (χ4n) is 10.4. The quantitative estimate of drug-likeness (QED) is 0.167. The van der Waals surface area contributed by atoms with Gasteiger partial charge in [-0.05, 0) is 92.0 Å². The summed E-state index contributed by atoms with van der Waals surface area (Å²) in [5.41, 5.74) is 11.9. The minimum Gasteiger partial charge on any atom is -0.456 e. The number of furan rings is 1. The average Bonchev–Trinajstić information content (AvgIpc) is 3.95. The number of rotatable bonds is 6. The van der Waals surface area contributed by atoms with E-state index in [0.29, 0.717) is 17.5 Å². The first-order valence-electron chi connectivity index (χ1n) is 23.0. The number of nitrogens with zero attached hydrogens (tertiary/aromatic N) is 4. The first-order chi connectivity index (χ1) is 33.7. The minimum absolute atomic E-state index is 0.573. The summed E-state index contributed by atoms with van der Waals surface area (Å²) in [6, 6.07) is 82.0. The Kier molecular flexibility index (Phi) is 8.52. The van der Waals surface area contributed by atoms with Crippen molar-refractivity contribution in [2.24, 2.45) is 0 Å². The maximum absolute atomic E-state index is 6.39. The predicted octanol–water partition coefficient (Wildman–Crippen LogP) is 16.7. The van der Waals surface area contributed by atoms with Gasteiger partial charge in [-0.3, -0.25) is 0 Å². The summed E-state index contributed by atoms with van der Waals surface area (Å²) in [6.45, 7) is 0. The SMILES string of the molecule is c1ccc(-c2nc(-c3cc(-c4ccccc4)c(-n4c5cc6ccccc6cc5c5c6ccccc6ccc54)c(-c4ccc5ccccc5c4)c3)nc(-c3cccc4oc5ccccc5c34)n2)cc1. The van der Waals surface area contributed by atoms with Crippen LogP contribution in [0.3, 0.4) is 0 Å². The topological polar surface area (TPSA) is 56.7 Å². The van der Waals surface area contributed by atoms with E-state index in [1.54, 1.807) is 0 Å². The Morgan fingerprint density at radius 1 is 0.294 bits per heavy atom. The van der Waals surface area contributed by atoms with Crippen LogP contribution in [0.25, 0.3) is 138 Å². The zero-order valence-electron chi connectivity index (χ0n) is 36.6. The van der Waals surface area contributed by atoms with Gasteiger partial charge in [0.1, 0.15) is 11.2 Å². The summed E-state index contributed by atoms with van der Waals surface area (Å²) in [5, 5.41) is 11.6. The summed E-state index contributed by atoms with van der Waals surface area (Å²) in [7, 11) is 0. The molecule has 0 bridgehead atoms. The second kappa shape index (κ2) is 15.2. The lowest BCUT2D eigenvalue weighted by atomic mass is 9.91. The molecule has 316 valence electrons. The molecule has 0 amide bonds. The van der Waals surface area contributed by atoms with Gasteiger partial charge in [0.15, 0.2) is 17.5 Å². The summed E-state index contributed by atoms with van der Waals surface area (Å²) in [6.07, 6.45) is 0. The van der Waals surface area contributed by atoms with Crippen molar-refractivity contribution in [1.29, 1.82) is 0 Å². The van der Waals surface area contributed by atoms with E-state index in [9.17, 15) is 0 Å². The van der Waals surface area contributed by atoms with Gasteiger partial charge in [0, 0.05) is 49.4 Å². The molecule has 0 spiro atoms. The molecule has 5 nitrogen and oxygen atoms in total. The summed E-state index contributed by atoms with van der Waals surface area (Å²) >= 11 is 0. The number of hydrogen-bond acceptors (Lipinski definition) is 4. The molecule has 3 aromatic heterocycles. The Hall–Kier alpha value is -9.19. The molecule has 0 saturated heterocycles. The number of para-hydroxylation sites is 1. The van der Waals surface area contributed by atoms with Gasteiger partial charge in [-0.15, -0.1) is 0 Å². The van der Waals surface area contributed by atoms with Crippen LogP contribution in [0.1, 0.15) is 0 Å². The minimum atomic E-state index is 0.573. The molecule has 0 N–H and O–H groups in total. The molecule has 3 heterocycles. The predicted molar refractivity (Wildman–Crippen MR) is 281 cm³/mol. The van der Waals surface area contributed by atoms with Crippen LogP contribution in [0.2, 0.25) is 0 Å². The third-order valence-corrected chi connectivity index (χ3v) is 13.6. The van der Waals surface area contributed by atoms with Crippen molar-refractivity contribution >= 4 is 76.1 Å². The Labute approximate surface area is 390 Å². The van der Waals surface area contributed by atoms with Gasteiger partial charge in [-0.25, -0.2) is 15.0 Å². The van der Waals surface area contributed by atoms with E-state index in [1.165, 1.54) is 37.7 Å². The second-order valence-corrected chi connectivity index (χ2v) is 17.5. The van der Waals surface area contributed by atoms with E-state index in [-0.39, 0.29) is 0 Å². The van der Waals surface area contributed by atoms with Crippen molar-refractivity contribution in [3.05, 3.63) is 231 Å². The lowest BCUT2D eigenvalue weighted by Crippen LogP contribution is -2.04. The Balaban J connectivity index is 1.13. The van der Waals surface area contributed by atoms with Gasteiger partial charge in [0.2, 0.25) is 0 Å². The summed E-state index contributed by atoms with van der Waals surface area (Å²) in [4.78, 5) is 16.0. The van der Waals surface area contributed by atoms with Crippen molar-refractivity contribution in [2.45, 2.75) is 0 Å². The van der Waals surface area contributed by atoms with Crippen molar-refractivity contribution < 1.29 is 4.42 Å². The standard InChI is InChI=1S/C63H38N4O/c1-3-17-40(18-4-1)51-36-47(62-64-61(42-20-5-2-6-21-42)65-63(66-62)50-27-15-29-57-59(50)49-26-13-14-28-56(49)68-57)37-52(46-31-30-39-16-7-8-22-43(39)34-46)60(51)67-54-33-32-41-19-11-12-25-48(41)58(54)53-35-44-23-9-10-24-45(44)38-55(53)67/h1-38H. The zero-order chi connectivity index (χ0) is 44.7. The van der Waals surface area contributed by atoms with Crippen LogP contribution < -0.4 is 0 Å². The van der Waals surface area contributed by atoms with Crippen molar-refractivity contribution in [3.8, 4) is 62.1 Å². The third kappa shape index (κ3) is 6.06. The van der Waals surface area contributed by atoms with Gasteiger partial charge in [-0.1, -0.05) is 182 Å². The molecule has 14 rings (SSSR count). The van der Waals surface area contributed by atoms with Gasteiger partial charge >= 0.3 is 0 Å². The molecule has 0 fully saturated rings. The average molecular weight is 867 g/mol. The summed E-state index contributed by atoms with van der Waals surface area (Å²) in [5.74, 6) is 1.74. The van der Waals surface area contributed by atoms with E-state index in [2.05, 4.69) is 187 Å². The molecular formula is C63H38N4O. The highest BCUT2D eigenvalue weighted by Gasteiger charge is 2.25. The normalized spacial score (nSPS) is 11.8. The number of benzene rings is 11. The lowest BCUT2D eigenvalue weighted by Gasteiger charge is -2.21. The highest BCUT2D eigenvalue weighted by Crippen LogP contribution is 2.46. The van der Waals surface area contributed by atoms with Crippen molar-refractivity contribution in [2.75, 3.05) is 0 Å². The molecule has 68 heavy (non-hydrogen) atoms. The van der Waals surface area contributed by atoms with Crippen molar-refractivity contribution in [1.82, 2.24) is 19.5 Å². The maximum atomic E-state index is 6.39. The molecule has 0 aliphatic rings. The van der Waals surface area contributed by atoms with Crippen LogP contribution in [-0.4, -0.2) is 19.5 Å². The molecular weight excluding hydrogens is 829 g/mol. The first-order valence-corrected chi connectivity index (χ1v) is 23.0. The van der Waals surface area contributed by atoms with Crippen LogP contribution >= 0.6 is 0 Å². The highest BCUT2D eigenvalue weighted by molar-refractivity contribution is 6.24. The fraction of sp³-hybridized carbons (Fsp3) is 0. The molecule has 0 radical (unpaired) electrons. The number of aromatic nitrogens is 4. The van der Waals surface area contributed by atoms with E-state index in [4.69, 9.17) is 19.4 Å². The van der Waals surface area contributed by atoms with E-state index >= 15 is 0 Å². The van der Waals surface area contributed by atoms with Crippen molar-refractivity contribution in [3.63, 3.8) is 0 Å². The molecule has 0 aliphatic carbocycles. The highest BCUT2D eigenvalue weighted by atomic mass is 16.3. The van der Waals surface area contributed by atoms with Gasteiger partial charge in [-0.2, -0.15) is 0 Å². The van der Waals surface area contributed by atoms with Crippen LogP contribution in [0.15, 0.2) is 235 Å². The second-order valence-electron chi connectivity index (χ2n) is 17.5. The number of fused-ring (bicyclic) bond motifs is 10. The Morgan fingerprint density at radius 2 is 0.868 bits per heavy atom. The monoisotopic (exact) mass is 866 g/mol. The van der Waals surface area contributed by atoms with E-state index in [0.717, 1.165) is 83.0 Å². The molecule has 0 unspecified atom stereocenters. The van der Waals surface area contributed by atoms with Crippen LogP contribution in [0.4, 0.5) is 0 Å². The van der Waals surface area contributed by atoms with Gasteiger partial charge in [0.05, 0.1) is 16.7 Å². The Bertz CT molecular complexity index is 4320. The summed E-state index contributed by atoms with van der Waals surface area (Å²) < 4.78 is 8.90. The van der Waals surface area contributed by atoms with Gasteiger partial charge in [0.25, 0.3) is 0 Å².